The van der Waals surface area contributed by atoms with Crippen molar-refractivity contribution in [3.63, 3.8) is 0 Å². The normalized spacial score (nSPS) is 19.1. The highest BCUT2D eigenvalue weighted by Crippen LogP contribution is 2.46. The molecule has 0 amide bonds. The zero-order chi connectivity index (χ0) is 25.3. The summed E-state index contributed by atoms with van der Waals surface area (Å²) in [5.74, 6) is 1.33. The molecule has 3 aromatic carbocycles. The number of aryl methyl sites for hydroxylation is 2. The van der Waals surface area contributed by atoms with Crippen LogP contribution in [0.4, 0.5) is 0 Å². The number of hydrogen-bond donors (Lipinski definition) is 1. The van der Waals surface area contributed by atoms with Crippen molar-refractivity contribution < 1.29 is 24.1 Å². The van der Waals surface area contributed by atoms with Crippen LogP contribution in [0.3, 0.4) is 0 Å². The van der Waals surface area contributed by atoms with Crippen molar-refractivity contribution in [1.29, 1.82) is 0 Å². The molecule has 2 aliphatic rings. The van der Waals surface area contributed by atoms with Gasteiger partial charge in [0.15, 0.2) is 11.5 Å². The lowest BCUT2D eigenvalue weighted by Crippen LogP contribution is -2.38. The Bertz CT molecular complexity index is 1310. The van der Waals surface area contributed by atoms with Crippen LogP contribution in [0, 0.1) is 6.92 Å². The maximum atomic E-state index is 13.4. The number of carbonyl (C=O) groups excluding carboxylic acids is 1. The van der Waals surface area contributed by atoms with Gasteiger partial charge in [-0.3, -0.25) is 0 Å². The van der Waals surface area contributed by atoms with Crippen molar-refractivity contribution in [3.8, 4) is 11.5 Å². The van der Waals surface area contributed by atoms with Crippen LogP contribution in [-0.2, 0) is 21.6 Å². The van der Waals surface area contributed by atoms with E-state index in [4.69, 9.17) is 14.2 Å². The minimum absolute atomic E-state index is 0.0713. The van der Waals surface area contributed by atoms with Crippen molar-refractivity contribution >= 4 is 17.7 Å². The molecule has 1 atom stereocenters. The largest absolute Gasteiger partial charge is 0.511 e. The van der Waals surface area contributed by atoms with E-state index in [1.54, 1.807) is 0 Å². The fourth-order valence-corrected chi connectivity index (χ4v) is 5.98. The Morgan fingerprint density at radius 1 is 1.00 bits per heavy atom. The van der Waals surface area contributed by atoms with Crippen LogP contribution in [-0.4, -0.2) is 17.9 Å². The molecule has 5 nitrogen and oxygen atoms in total. The molecule has 0 bridgehead atoms. The highest BCUT2D eigenvalue weighted by atomic mass is 32.2. The summed E-state index contributed by atoms with van der Waals surface area (Å²) in [5.41, 5.74) is 3.20. The summed E-state index contributed by atoms with van der Waals surface area (Å²) in [7, 11) is 0. The van der Waals surface area contributed by atoms with Gasteiger partial charge in [0.1, 0.15) is 16.3 Å². The van der Waals surface area contributed by atoms with E-state index >= 15 is 0 Å². The number of ether oxygens (including phenoxy) is 3. The first-order chi connectivity index (χ1) is 17.3. The van der Waals surface area contributed by atoms with E-state index in [2.05, 4.69) is 32.0 Å². The molecule has 1 N–H and O–H groups in total. The molecule has 0 spiro atoms. The average Bonchev–Trinajstić information content (AvgIpc) is 3.33. The molecule has 186 valence electrons. The summed E-state index contributed by atoms with van der Waals surface area (Å²) in [6.45, 7) is 6.50. The number of fused-ring (bicyclic) bond motifs is 1. The second kappa shape index (κ2) is 9.94. The number of esters is 1. The zero-order valence-corrected chi connectivity index (χ0v) is 21.6. The molecule has 36 heavy (non-hydrogen) atoms. The summed E-state index contributed by atoms with van der Waals surface area (Å²) in [6.07, 6.45) is 1.38. The van der Waals surface area contributed by atoms with Gasteiger partial charge < -0.3 is 19.3 Å². The fraction of sp³-hybridized carbons (Fsp3) is 0.300. The predicted molar refractivity (Wildman–Crippen MR) is 140 cm³/mol. The number of hydrogen-bond acceptors (Lipinski definition) is 6. The number of aliphatic hydroxyl groups excluding tert-OH is 1. The number of cyclic esters (lactones) is 1. The molecule has 5 rings (SSSR count). The number of rotatable bonds is 7. The maximum absolute atomic E-state index is 13.4. The third kappa shape index (κ3) is 4.82. The van der Waals surface area contributed by atoms with Crippen LogP contribution in [0.25, 0.3) is 0 Å². The third-order valence-corrected chi connectivity index (χ3v) is 7.93. The van der Waals surface area contributed by atoms with Crippen LogP contribution in [0.5, 0.6) is 11.5 Å². The number of thioether (sulfide) groups is 1. The van der Waals surface area contributed by atoms with Crippen LogP contribution in [0.2, 0.25) is 0 Å². The molecule has 3 aromatic rings. The minimum Gasteiger partial charge on any atom is -0.511 e. The quantitative estimate of drug-likeness (QED) is 0.345. The van der Waals surface area contributed by atoms with Crippen molar-refractivity contribution in [2.75, 3.05) is 6.79 Å². The lowest BCUT2D eigenvalue weighted by Gasteiger charge is -2.37. The average molecular weight is 503 g/mol. The molecular formula is C30H30O5S. The van der Waals surface area contributed by atoms with E-state index in [1.807, 2.05) is 55.5 Å². The summed E-state index contributed by atoms with van der Waals surface area (Å²) >= 11 is 1.30. The Morgan fingerprint density at radius 3 is 2.53 bits per heavy atom. The van der Waals surface area contributed by atoms with Gasteiger partial charge in [-0.1, -0.05) is 74.1 Å². The van der Waals surface area contributed by atoms with Gasteiger partial charge in [-0.2, -0.15) is 0 Å². The second-order valence-corrected chi connectivity index (χ2v) is 10.7. The number of aliphatic hydroxyl groups is 1. The molecule has 0 radical (unpaired) electrons. The minimum atomic E-state index is -0.962. The first-order valence-electron chi connectivity index (χ1n) is 12.2. The molecular weight excluding hydrogens is 472 g/mol. The molecule has 0 fully saturated rings. The Kier molecular flexibility index (Phi) is 6.71. The van der Waals surface area contributed by atoms with E-state index in [0.29, 0.717) is 18.8 Å². The van der Waals surface area contributed by atoms with Gasteiger partial charge in [0.2, 0.25) is 6.79 Å². The predicted octanol–water partition coefficient (Wildman–Crippen LogP) is 7.18. The molecule has 2 heterocycles. The molecule has 0 saturated carbocycles. The van der Waals surface area contributed by atoms with Gasteiger partial charge in [-0.25, -0.2) is 4.79 Å². The monoisotopic (exact) mass is 502 g/mol. The van der Waals surface area contributed by atoms with Gasteiger partial charge >= 0.3 is 5.97 Å². The highest BCUT2D eigenvalue weighted by molar-refractivity contribution is 8.04. The molecule has 0 aromatic heterocycles. The SMILES string of the molecule is Cc1ccc(C(C)C)c(SC2=C(O)CC(CCc3ccc4c(c3)OCO4)(c3ccccc3)OC2=O)c1. The molecule has 2 aliphatic heterocycles. The smallest absolute Gasteiger partial charge is 0.349 e. The van der Waals surface area contributed by atoms with Gasteiger partial charge in [0.25, 0.3) is 0 Å². The topological polar surface area (TPSA) is 65.0 Å². The van der Waals surface area contributed by atoms with Crippen molar-refractivity contribution in [1.82, 2.24) is 0 Å². The molecule has 6 heteroatoms. The van der Waals surface area contributed by atoms with Crippen molar-refractivity contribution in [3.05, 3.63) is 99.6 Å². The van der Waals surface area contributed by atoms with E-state index in [9.17, 15) is 9.90 Å². The highest BCUT2D eigenvalue weighted by Gasteiger charge is 2.43. The maximum Gasteiger partial charge on any atom is 0.349 e. The summed E-state index contributed by atoms with van der Waals surface area (Å²) in [6, 6.07) is 21.8. The van der Waals surface area contributed by atoms with Gasteiger partial charge in [-0.05, 0) is 66.1 Å². The second-order valence-electron chi connectivity index (χ2n) is 9.69. The lowest BCUT2D eigenvalue weighted by atomic mass is 9.82. The van der Waals surface area contributed by atoms with Crippen LogP contribution in [0.15, 0.2) is 82.3 Å². The summed E-state index contributed by atoms with van der Waals surface area (Å²) in [4.78, 5) is 14.7. The van der Waals surface area contributed by atoms with Crippen LogP contribution in [0.1, 0.15) is 54.9 Å². The van der Waals surface area contributed by atoms with E-state index in [0.717, 1.165) is 38.6 Å². The fourth-order valence-electron chi connectivity index (χ4n) is 4.78. The molecule has 1 unspecified atom stereocenters. The Morgan fingerprint density at radius 2 is 1.78 bits per heavy atom. The number of benzene rings is 3. The lowest BCUT2D eigenvalue weighted by molar-refractivity contribution is -0.160. The third-order valence-electron chi connectivity index (χ3n) is 6.75. The van der Waals surface area contributed by atoms with Gasteiger partial charge in [0.05, 0.1) is 6.42 Å². The van der Waals surface area contributed by atoms with Crippen molar-refractivity contribution in [2.45, 2.75) is 56.4 Å². The van der Waals surface area contributed by atoms with Gasteiger partial charge in [0, 0.05) is 4.90 Å². The Hall–Kier alpha value is -3.38. The summed E-state index contributed by atoms with van der Waals surface area (Å²) in [5, 5.41) is 11.2. The first kappa shape index (κ1) is 24.3. The van der Waals surface area contributed by atoms with E-state index in [-0.39, 0.29) is 23.9 Å². The molecule has 0 aliphatic carbocycles. The Labute approximate surface area is 216 Å². The van der Waals surface area contributed by atoms with Gasteiger partial charge in [-0.15, -0.1) is 0 Å². The van der Waals surface area contributed by atoms with Crippen molar-refractivity contribution in [2.24, 2.45) is 0 Å². The Balaban J connectivity index is 1.45. The van der Waals surface area contributed by atoms with E-state index < -0.39 is 11.6 Å². The van der Waals surface area contributed by atoms with E-state index in [1.165, 1.54) is 11.8 Å². The first-order valence-corrected chi connectivity index (χ1v) is 13.0. The van der Waals surface area contributed by atoms with Crippen LogP contribution < -0.4 is 9.47 Å². The number of carbonyl (C=O) groups is 1. The standard InChI is InChI=1S/C30H30O5S/c1-19(2)23-11-9-20(3)15-27(23)36-28-24(31)17-30(35-29(28)32,22-7-5-4-6-8-22)14-13-21-10-12-25-26(16-21)34-18-33-25/h4-12,15-16,19,31H,13-14,17-18H2,1-3H3. The van der Waals surface area contributed by atoms with Crippen LogP contribution >= 0.6 is 11.8 Å². The summed E-state index contributed by atoms with van der Waals surface area (Å²) < 4.78 is 17.2. The molecule has 0 saturated heterocycles. The zero-order valence-electron chi connectivity index (χ0n) is 20.7.